The van der Waals surface area contributed by atoms with Crippen molar-refractivity contribution in [3.8, 4) is 0 Å². The maximum Gasteiger partial charge on any atom is 0.333 e. The van der Waals surface area contributed by atoms with E-state index in [0.29, 0.717) is 18.0 Å². The highest BCUT2D eigenvalue weighted by Gasteiger charge is 2.32. The molecule has 0 radical (unpaired) electrons. The van der Waals surface area contributed by atoms with Crippen LogP contribution in [0.4, 0.5) is 0 Å². The topological polar surface area (TPSA) is 89.7 Å². The van der Waals surface area contributed by atoms with Crippen LogP contribution in [-0.2, 0) is 19.2 Å². The van der Waals surface area contributed by atoms with E-state index < -0.39 is 17.8 Å². The SMILES string of the molecule is NCCCCCCC(=O)ON1C(=O)CCC1=O. The van der Waals surface area contributed by atoms with Gasteiger partial charge in [-0.15, -0.1) is 5.06 Å². The van der Waals surface area contributed by atoms with Crippen LogP contribution in [0.5, 0.6) is 0 Å². The molecule has 1 fully saturated rings. The number of hydroxylamine groups is 2. The second kappa shape index (κ2) is 7.01. The molecule has 0 saturated carbocycles. The summed E-state index contributed by atoms with van der Waals surface area (Å²) in [5, 5.41) is 0.586. The van der Waals surface area contributed by atoms with E-state index in [4.69, 9.17) is 10.6 Å². The predicted molar refractivity (Wildman–Crippen MR) is 59.3 cm³/mol. The zero-order valence-corrected chi connectivity index (χ0v) is 9.81. The van der Waals surface area contributed by atoms with E-state index in [1.807, 2.05) is 0 Å². The van der Waals surface area contributed by atoms with Crippen molar-refractivity contribution in [1.82, 2.24) is 5.06 Å². The van der Waals surface area contributed by atoms with E-state index in [1.54, 1.807) is 0 Å². The van der Waals surface area contributed by atoms with Crippen LogP contribution in [0.2, 0.25) is 0 Å². The highest BCUT2D eigenvalue weighted by atomic mass is 16.7. The summed E-state index contributed by atoms with van der Waals surface area (Å²) in [5.41, 5.74) is 5.34. The van der Waals surface area contributed by atoms with Crippen LogP contribution in [0, 0.1) is 0 Å². The van der Waals surface area contributed by atoms with Gasteiger partial charge in [-0.3, -0.25) is 9.59 Å². The average molecular weight is 242 g/mol. The fraction of sp³-hybridized carbons (Fsp3) is 0.727. The van der Waals surface area contributed by atoms with Crippen molar-refractivity contribution in [1.29, 1.82) is 0 Å². The second-order valence-corrected chi connectivity index (χ2v) is 4.00. The minimum Gasteiger partial charge on any atom is -0.330 e. The third-order valence-corrected chi connectivity index (χ3v) is 2.53. The molecule has 1 aliphatic heterocycles. The minimum absolute atomic E-state index is 0.128. The lowest BCUT2D eigenvalue weighted by Gasteiger charge is -2.12. The van der Waals surface area contributed by atoms with E-state index in [0.717, 1.165) is 19.3 Å². The molecule has 2 N–H and O–H groups in total. The summed E-state index contributed by atoms with van der Waals surface area (Å²) in [6.45, 7) is 0.654. The largest absolute Gasteiger partial charge is 0.333 e. The summed E-state index contributed by atoms with van der Waals surface area (Å²) in [5.74, 6) is -1.40. The highest BCUT2D eigenvalue weighted by Crippen LogP contribution is 2.13. The molecule has 6 heteroatoms. The number of unbranched alkanes of at least 4 members (excludes halogenated alkanes) is 3. The molecule has 2 amide bonds. The van der Waals surface area contributed by atoms with Gasteiger partial charge in [0, 0.05) is 19.3 Å². The van der Waals surface area contributed by atoms with Crippen molar-refractivity contribution >= 4 is 17.8 Å². The summed E-state index contributed by atoms with van der Waals surface area (Å²) in [6, 6.07) is 0. The van der Waals surface area contributed by atoms with E-state index in [2.05, 4.69) is 0 Å². The molecule has 17 heavy (non-hydrogen) atoms. The Morgan fingerprint density at radius 2 is 1.71 bits per heavy atom. The Morgan fingerprint density at radius 1 is 1.12 bits per heavy atom. The van der Waals surface area contributed by atoms with Gasteiger partial charge in [0.15, 0.2) is 0 Å². The maximum absolute atomic E-state index is 11.3. The third-order valence-electron chi connectivity index (χ3n) is 2.53. The normalized spacial score (nSPS) is 15.5. The number of hydrogen-bond acceptors (Lipinski definition) is 5. The number of rotatable bonds is 7. The summed E-state index contributed by atoms with van der Waals surface area (Å²) >= 11 is 0. The molecule has 1 aliphatic rings. The molecule has 1 heterocycles. The number of nitrogens with zero attached hydrogens (tertiary/aromatic N) is 1. The molecule has 96 valence electrons. The van der Waals surface area contributed by atoms with Crippen molar-refractivity contribution in [2.45, 2.75) is 44.9 Å². The van der Waals surface area contributed by atoms with Gasteiger partial charge in [-0.25, -0.2) is 4.79 Å². The van der Waals surface area contributed by atoms with Crippen LogP contribution in [0.3, 0.4) is 0 Å². The van der Waals surface area contributed by atoms with Gasteiger partial charge < -0.3 is 10.6 Å². The number of carbonyl (C=O) groups is 3. The monoisotopic (exact) mass is 242 g/mol. The Bertz CT molecular complexity index is 288. The quantitative estimate of drug-likeness (QED) is 0.518. The summed E-state index contributed by atoms with van der Waals surface area (Å²) in [7, 11) is 0. The van der Waals surface area contributed by atoms with Gasteiger partial charge in [-0.2, -0.15) is 0 Å². The van der Waals surface area contributed by atoms with Crippen molar-refractivity contribution in [3.63, 3.8) is 0 Å². The number of carbonyl (C=O) groups excluding carboxylic acids is 3. The fourth-order valence-corrected chi connectivity index (χ4v) is 1.57. The van der Waals surface area contributed by atoms with Crippen LogP contribution in [0.15, 0.2) is 0 Å². The Kier molecular flexibility index (Phi) is 5.62. The Morgan fingerprint density at radius 3 is 2.29 bits per heavy atom. The first-order chi connectivity index (χ1) is 8.15. The molecule has 0 aromatic rings. The van der Waals surface area contributed by atoms with Crippen molar-refractivity contribution in [2.75, 3.05) is 6.54 Å². The Balaban J connectivity index is 2.16. The van der Waals surface area contributed by atoms with Crippen LogP contribution < -0.4 is 5.73 Å². The predicted octanol–water partition coefficient (Wildman–Crippen LogP) is 0.503. The molecule has 0 spiro atoms. The van der Waals surface area contributed by atoms with E-state index >= 15 is 0 Å². The molecule has 0 atom stereocenters. The van der Waals surface area contributed by atoms with Crippen molar-refractivity contribution < 1.29 is 19.2 Å². The number of amides is 2. The highest BCUT2D eigenvalue weighted by molar-refractivity contribution is 6.01. The summed E-state index contributed by atoms with van der Waals surface area (Å²) in [4.78, 5) is 38.3. The molecular weight excluding hydrogens is 224 g/mol. The molecule has 6 nitrogen and oxygen atoms in total. The minimum atomic E-state index is -0.527. The van der Waals surface area contributed by atoms with Crippen molar-refractivity contribution in [2.24, 2.45) is 5.73 Å². The van der Waals surface area contributed by atoms with Crippen LogP contribution in [-0.4, -0.2) is 29.4 Å². The van der Waals surface area contributed by atoms with Crippen LogP contribution >= 0.6 is 0 Å². The lowest BCUT2D eigenvalue weighted by atomic mass is 10.1. The molecule has 0 unspecified atom stereocenters. The first-order valence-electron chi connectivity index (χ1n) is 5.92. The summed E-state index contributed by atoms with van der Waals surface area (Å²) < 4.78 is 0. The van der Waals surface area contributed by atoms with Crippen LogP contribution in [0.1, 0.15) is 44.9 Å². The molecule has 0 aromatic carbocycles. The zero-order chi connectivity index (χ0) is 12.7. The standard InChI is InChI=1S/C11H18N2O4/c12-8-4-2-1-3-5-11(16)17-13-9(14)6-7-10(13)15/h1-8,12H2. The number of hydrogen-bond donors (Lipinski definition) is 1. The lowest BCUT2D eigenvalue weighted by Crippen LogP contribution is -2.31. The number of nitrogens with two attached hydrogens (primary N) is 1. The first-order valence-corrected chi connectivity index (χ1v) is 5.92. The van der Waals surface area contributed by atoms with Crippen LogP contribution in [0.25, 0.3) is 0 Å². The van der Waals surface area contributed by atoms with Gasteiger partial charge in [-0.1, -0.05) is 12.8 Å². The molecule has 0 aliphatic carbocycles. The van der Waals surface area contributed by atoms with Crippen molar-refractivity contribution in [3.05, 3.63) is 0 Å². The van der Waals surface area contributed by atoms with Gasteiger partial charge >= 0.3 is 5.97 Å². The van der Waals surface area contributed by atoms with Gasteiger partial charge in [0.05, 0.1) is 0 Å². The Labute approximate surface area is 100 Å². The zero-order valence-electron chi connectivity index (χ0n) is 9.81. The van der Waals surface area contributed by atoms with E-state index in [-0.39, 0.29) is 19.3 Å². The Hall–Kier alpha value is -1.43. The molecule has 0 aromatic heterocycles. The average Bonchev–Trinajstić information content (AvgIpc) is 2.60. The molecule has 1 saturated heterocycles. The number of imide groups is 1. The summed E-state index contributed by atoms with van der Waals surface area (Å²) in [6.07, 6.45) is 3.99. The third kappa shape index (κ3) is 4.52. The van der Waals surface area contributed by atoms with E-state index in [1.165, 1.54) is 0 Å². The first kappa shape index (κ1) is 13.6. The smallest absolute Gasteiger partial charge is 0.330 e. The lowest BCUT2D eigenvalue weighted by molar-refractivity contribution is -0.197. The fourth-order valence-electron chi connectivity index (χ4n) is 1.57. The van der Waals surface area contributed by atoms with Gasteiger partial charge in [0.1, 0.15) is 0 Å². The molecule has 1 rings (SSSR count). The second-order valence-electron chi connectivity index (χ2n) is 4.00. The van der Waals surface area contributed by atoms with Gasteiger partial charge in [0.2, 0.25) is 0 Å². The maximum atomic E-state index is 11.3. The van der Waals surface area contributed by atoms with Gasteiger partial charge in [0.25, 0.3) is 11.8 Å². The molecule has 0 bridgehead atoms. The van der Waals surface area contributed by atoms with Gasteiger partial charge in [-0.05, 0) is 19.4 Å². The van der Waals surface area contributed by atoms with E-state index in [9.17, 15) is 14.4 Å². The molecular formula is C11H18N2O4.